The second-order valence-corrected chi connectivity index (χ2v) is 6.60. The number of nitrogens with one attached hydrogen (secondary N) is 1. The van der Waals surface area contributed by atoms with Gasteiger partial charge in [0.15, 0.2) is 0 Å². The second kappa shape index (κ2) is 7.12. The lowest BCUT2D eigenvalue weighted by Gasteiger charge is -2.35. The van der Waals surface area contributed by atoms with Gasteiger partial charge in [0.05, 0.1) is 6.54 Å². The molecule has 5 heteroatoms. The molecule has 2 unspecified atom stereocenters. The summed E-state index contributed by atoms with van der Waals surface area (Å²) < 4.78 is 36.9. The predicted octanol–water partition coefficient (Wildman–Crippen LogP) is 3.43. The lowest BCUT2D eigenvalue weighted by atomic mass is 9.80. The zero-order valence-corrected chi connectivity index (χ0v) is 12.4. The minimum atomic E-state index is -4.06. The maximum Gasteiger partial charge on any atom is 0.401 e. The zero-order chi connectivity index (χ0) is 14.6. The average Bonchev–Trinajstić information content (AvgIpc) is 2.38. The summed E-state index contributed by atoms with van der Waals surface area (Å²) in [7, 11) is 0. The van der Waals surface area contributed by atoms with Crippen molar-refractivity contribution in [1.29, 1.82) is 0 Å². The molecule has 2 atom stereocenters. The molecule has 2 fully saturated rings. The first-order valence-electron chi connectivity index (χ1n) is 7.96. The highest BCUT2D eigenvalue weighted by Gasteiger charge is 2.32. The third kappa shape index (κ3) is 5.24. The Morgan fingerprint density at radius 2 is 1.70 bits per heavy atom. The second-order valence-electron chi connectivity index (χ2n) is 6.60. The van der Waals surface area contributed by atoms with Gasteiger partial charge < -0.3 is 5.32 Å². The Balaban J connectivity index is 1.64. The van der Waals surface area contributed by atoms with E-state index in [4.69, 9.17) is 0 Å². The highest BCUT2D eigenvalue weighted by atomic mass is 19.4. The third-order valence-electron chi connectivity index (χ3n) is 4.95. The van der Waals surface area contributed by atoms with Crippen molar-refractivity contribution >= 4 is 0 Å². The van der Waals surface area contributed by atoms with E-state index in [1.54, 1.807) is 0 Å². The van der Waals surface area contributed by atoms with Crippen LogP contribution in [0.1, 0.15) is 45.4 Å². The van der Waals surface area contributed by atoms with Gasteiger partial charge in [-0.2, -0.15) is 13.2 Å². The molecular weight excluding hydrogens is 265 g/mol. The summed E-state index contributed by atoms with van der Waals surface area (Å²) >= 11 is 0. The molecule has 1 N–H and O–H groups in total. The smallest absolute Gasteiger partial charge is 0.314 e. The van der Waals surface area contributed by atoms with Crippen LogP contribution >= 0.6 is 0 Å². The van der Waals surface area contributed by atoms with Crippen LogP contribution in [0.25, 0.3) is 0 Å². The largest absolute Gasteiger partial charge is 0.401 e. The molecule has 1 aliphatic heterocycles. The number of likely N-dealkylation sites (tertiary alicyclic amines) is 1. The van der Waals surface area contributed by atoms with Crippen LogP contribution in [0.5, 0.6) is 0 Å². The number of nitrogens with zero attached hydrogens (tertiary/aromatic N) is 1. The van der Waals surface area contributed by atoms with Crippen molar-refractivity contribution in [2.75, 3.05) is 26.2 Å². The molecule has 0 amide bonds. The van der Waals surface area contributed by atoms with E-state index < -0.39 is 12.7 Å². The Hall–Kier alpha value is -0.290. The van der Waals surface area contributed by atoms with Crippen molar-refractivity contribution in [2.24, 2.45) is 11.8 Å². The van der Waals surface area contributed by atoms with Crippen LogP contribution in [-0.2, 0) is 0 Å². The van der Waals surface area contributed by atoms with E-state index in [1.807, 2.05) is 0 Å². The number of alkyl halides is 3. The van der Waals surface area contributed by atoms with E-state index in [1.165, 1.54) is 30.6 Å². The van der Waals surface area contributed by atoms with Gasteiger partial charge in [-0.15, -0.1) is 0 Å². The van der Waals surface area contributed by atoms with Crippen molar-refractivity contribution in [3.8, 4) is 0 Å². The van der Waals surface area contributed by atoms with Crippen LogP contribution in [0.3, 0.4) is 0 Å². The van der Waals surface area contributed by atoms with Gasteiger partial charge in [0, 0.05) is 6.04 Å². The molecule has 118 valence electrons. The summed E-state index contributed by atoms with van der Waals surface area (Å²) in [5, 5.41) is 3.60. The van der Waals surface area contributed by atoms with E-state index in [0.717, 1.165) is 31.2 Å². The number of piperidine rings is 1. The Bertz CT molecular complexity index is 285. The molecule has 1 aliphatic carbocycles. The number of hydrogen-bond donors (Lipinski definition) is 1. The van der Waals surface area contributed by atoms with Gasteiger partial charge in [-0.1, -0.05) is 26.2 Å². The van der Waals surface area contributed by atoms with Crippen molar-refractivity contribution in [3.63, 3.8) is 0 Å². The van der Waals surface area contributed by atoms with Crippen LogP contribution in [0, 0.1) is 11.8 Å². The first-order chi connectivity index (χ1) is 9.44. The molecule has 0 bridgehead atoms. The van der Waals surface area contributed by atoms with Crippen LogP contribution < -0.4 is 5.32 Å². The minimum absolute atomic E-state index is 0.411. The number of rotatable bonds is 4. The van der Waals surface area contributed by atoms with Crippen molar-refractivity contribution in [3.05, 3.63) is 0 Å². The number of hydrogen-bond acceptors (Lipinski definition) is 2. The molecule has 1 heterocycles. The maximum absolute atomic E-state index is 12.3. The van der Waals surface area contributed by atoms with E-state index in [2.05, 4.69) is 12.2 Å². The van der Waals surface area contributed by atoms with Crippen molar-refractivity contribution in [2.45, 2.75) is 57.7 Å². The Morgan fingerprint density at radius 3 is 2.30 bits per heavy atom. The van der Waals surface area contributed by atoms with E-state index in [-0.39, 0.29) is 0 Å². The van der Waals surface area contributed by atoms with Gasteiger partial charge in [-0.05, 0) is 50.7 Å². The van der Waals surface area contributed by atoms with Crippen LogP contribution in [0.4, 0.5) is 13.2 Å². The summed E-state index contributed by atoms with van der Waals surface area (Å²) in [6, 6.07) is 0.411. The zero-order valence-electron chi connectivity index (χ0n) is 12.4. The maximum atomic E-state index is 12.3. The highest BCUT2D eigenvalue weighted by molar-refractivity contribution is 4.81. The van der Waals surface area contributed by atoms with Crippen LogP contribution in [0.15, 0.2) is 0 Å². The van der Waals surface area contributed by atoms with E-state index >= 15 is 0 Å². The Morgan fingerprint density at radius 1 is 1.05 bits per heavy atom. The van der Waals surface area contributed by atoms with Gasteiger partial charge in [-0.25, -0.2) is 0 Å². The summed E-state index contributed by atoms with van der Waals surface area (Å²) in [6.45, 7) is 3.76. The Kier molecular flexibility index (Phi) is 5.73. The minimum Gasteiger partial charge on any atom is -0.314 e. The number of halogens is 3. The molecule has 1 saturated heterocycles. The fourth-order valence-electron chi connectivity index (χ4n) is 3.56. The van der Waals surface area contributed by atoms with Crippen molar-refractivity contribution in [1.82, 2.24) is 10.2 Å². The summed E-state index contributed by atoms with van der Waals surface area (Å²) in [5.74, 6) is 1.55. The highest BCUT2D eigenvalue weighted by Crippen LogP contribution is 2.29. The van der Waals surface area contributed by atoms with Crippen LogP contribution in [-0.4, -0.2) is 43.3 Å². The van der Waals surface area contributed by atoms with Gasteiger partial charge in [-0.3, -0.25) is 4.90 Å². The topological polar surface area (TPSA) is 15.3 Å². The molecule has 0 aromatic heterocycles. The van der Waals surface area contributed by atoms with Crippen LogP contribution in [0.2, 0.25) is 0 Å². The normalized spacial score (nSPS) is 30.6. The molecule has 2 nitrogen and oxygen atoms in total. The molecule has 2 aliphatic rings. The van der Waals surface area contributed by atoms with Gasteiger partial charge in [0.1, 0.15) is 0 Å². The first kappa shape index (κ1) is 16.1. The molecule has 0 aromatic rings. The fraction of sp³-hybridized carbons (Fsp3) is 1.00. The van der Waals surface area contributed by atoms with Crippen molar-refractivity contribution < 1.29 is 13.2 Å². The van der Waals surface area contributed by atoms with Gasteiger partial charge in [0.25, 0.3) is 0 Å². The molecule has 2 rings (SSSR count). The quantitative estimate of drug-likeness (QED) is 0.854. The standard InChI is InChI=1S/C15H27F3N2/c1-12-4-2-3-5-13(12)10-19-14-6-8-20(9-7-14)11-15(16,17)18/h12-14,19H,2-11H2,1H3. The lowest BCUT2D eigenvalue weighted by molar-refractivity contribution is -0.148. The molecule has 0 spiro atoms. The molecule has 0 radical (unpaired) electrons. The van der Waals surface area contributed by atoms with Gasteiger partial charge in [0.2, 0.25) is 0 Å². The fourth-order valence-corrected chi connectivity index (χ4v) is 3.56. The molecular formula is C15H27F3N2. The average molecular weight is 292 g/mol. The third-order valence-corrected chi connectivity index (χ3v) is 4.95. The van der Waals surface area contributed by atoms with E-state index in [9.17, 15) is 13.2 Å². The first-order valence-corrected chi connectivity index (χ1v) is 7.96. The monoisotopic (exact) mass is 292 g/mol. The predicted molar refractivity (Wildman–Crippen MR) is 74.6 cm³/mol. The molecule has 1 saturated carbocycles. The van der Waals surface area contributed by atoms with E-state index in [0.29, 0.717) is 19.1 Å². The summed E-state index contributed by atoms with van der Waals surface area (Å²) in [6.07, 6.45) is 2.96. The Labute approximate surface area is 120 Å². The summed E-state index contributed by atoms with van der Waals surface area (Å²) in [4.78, 5) is 1.53. The van der Waals surface area contributed by atoms with Gasteiger partial charge >= 0.3 is 6.18 Å². The molecule has 20 heavy (non-hydrogen) atoms. The molecule has 0 aromatic carbocycles. The summed E-state index contributed by atoms with van der Waals surface area (Å²) in [5.41, 5.74) is 0. The lowest BCUT2D eigenvalue weighted by Crippen LogP contribution is -2.46. The SMILES string of the molecule is CC1CCCCC1CNC1CCN(CC(F)(F)F)CC1.